The van der Waals surface area contributed by atoms with E-state index in [0.29, 0.717) is 23.8 Å². The molecule has 0 unspecified atom stereocenters. The van der Waals surface area contributed by atoms with E-state index in [1.165, 1.54) is 0 Å². The molecule has 2 amide bonds. The molecule has 0 saturated heterocycles. The lowest BCUT2D eigenvalue weighted by molar-refractivity contribution is 0.251. The summed E-state index contributed by atoms with van der Waals surface area (Å²) in [5.41, 5.74) is 1.66. The second kappa shape index (κ2) is 6.58. The van der Waals surface area contributed by atoms with Crippen LogP contribution in [0, 0.1) is 20.8 Å². The van der Waals surface area contributed by atoms with E-state index >= 15 is 0 Å². The molecule has 0 aliphatic rings. The summed E-state index contributed by atoms with van der Waals surface area (Å²) in [5, 5.41) is 10.4. The zero-order valence-electron chi connectivity index (χ0n) is 12.3. The lowest BCUT2D eigenvalue weighted by Crippen LogP contribution is -2.32. The number of halogens is 1. The number of benzene rings is 1. The van der Waals surface area contributed by atoms with Gasteiger partial charge in [-0.2, -0.15) is 5.10 Å². The predicted molar refractivity (Wildman–Crippen MR) is 82.7 cm³/mol. The van der Waals surface area contributed by atoms with Gasteiger partial charge in [0.1, 0.15) is 11.6 Å². The largest absolute Gasteiger partial charge is 0.336 e. The molecule has 1 aromatic carbocycles. The lowest BCUT2D eigenvalue weighted by atomic mass is 10.2. The molecule has 21 heavy (non-hydrogen) atoms. The van der Waals surface area contributed by atoms with Gasteiger partial charge in [0.25, 0.3) is 0 Å². The molecule has 2 rings (SSSR count). The van der Waals surface area contributed by atoms with Crippen LogP contribution in [0.15, 0.2) is 18.2 Å². The molecule has 112 valence electrons. The van der Waals surface area contributed by atoms with Gasteiger partial charge in [-0.15, -0.1) is 0 Å². The molecule has 7 heteroatoms. The molecule has 1 aromatic heterocycles. The van der Waals surface area contributed by atoms with Gasteiger partial charge in [0.2, 0.25) is 0 Å². The maximum absolute atomic E-state index is 11.8. The van der Waals surface area contributed by atoms with Crippen LogP contribution < -0.4 is 10.6 Å². The molecule has 0 bridgehead atoms. The maximum Gasteiger partial charge on any atom is 0.319 e. The Labute approximate surface area is 128 Å². The van der Waals surface area contributed by atoms with E-state index in [1.54, 1.807) is 16.8 Å². The number of aryl methyl sites for hydroxylation is 3. The average molecular weight is 308 g/mol. The van der Waals surface area contributed by atoms with Crippen LogP contribution in [0.5, 0.6) is 0 Å². The minimum atomic E-state index is -0.269. The van der Waals surface area contributed by atoms with Crippen LogP contribution in [0.1, 0.15) is 17.2 Å². The van der Waals surface area contributed by atoms with Crippen molar-refractivity contribution in [2.24, 2.45) is 0 Å². The number of hydrogen-bond acceptors (Lipinski definition) is 3. The number of rotatable bonds is 4. The third-order valence-corrected chi connectivity index (χ3v) is 3.25. The number of aromatic nitrogens is 3. The van der Waals surface area contributed by atoms with Crippen LogP contribution in [0.3, 0.4) is 0 Å². The number of urea groups is 1. The second-order valence-corrected chi connectivity index (χ2v) is 5.21. The molecular weight excluding hydrogens is 290 g/mol. The van der Waals surface area contributed by atoms with E-state index in [9.17, 15) is 4.79 Å². The summed E-state index contributed by atoms with van der Waals surface area (Å²) in [6.45, 7) is 6.68. The van der Waals surface area contributed by atoms with Crippen LogP contribution in [0.4, 0.5) is 10.5 Å². The van der Waals surface area contributed by atoms with E-state index in [2.05, 4.69) is 20.7 Å². The molecule has 2 N–H and O–H groups in total. The van der Waals surface area contributed by atoms with Gasteiger partial charge < -0.3 is 10.6 Å². The molecule has 0 saturated carbocycles. The quantitative estimate of drug-likeness (QED) is 0.912. The van der Waals surface area contributed by atoms with E-state index in [0.717, 1.165) is 17.2 Å². The second-order valence-electron chi connectivity index (χ2n) is 4.77. The zero-order valence-corrected chi connectivity index (χ0v) is 13.0. The van der Waals surface area contributed by atoms with Crippen molar-refractivity contribution in [3.63, 3.8) is 0 Å². The first-order chi connectivity index (χ1) is 9.95. The summed E-state index contributed by atoms with van der Waals surface area (Å²) < 4.78 is 1.76. The van der Waals surface area contributed by atoms with Crippen LogP contribution in [0.25, 0.3) is 0 Å². The maximum atomic E-state index is 11.8. The Kier molecular flexibility index (Phi) is 4.80. The highest BCUT2D eigenvalue weighted by Gasteiger charge is 2.06. The number of hydrogen-bond donors (Lipinski definition) is 2. The Morgan fingerprint density at radius 1 is 1.33 bits per heavy atom. The number of amides is 2. The normalized spacial score (nSPS) is 10.5. The summed E-state index contributed by atoms with van der Waals surface area (Å²) in [6.07, 6.45) is 0. The molecule has 0 aliphatic heterocycles. The van der Waals surface area contributed by atoms with Crippen LogP contribution in [-0.4, -0.2) is 27.3 Å². The molecule has 6 nitrogen and oxygen atoms in total. The van der Waals surface area contributed by atoms with E-state index < -0.39 is 0 Å². The summed E-state index contributed by atoms with van der Waals surface area (Å²) in [7, 11) is 0. The first-order valence-electron chi connectivity index (χ1n) is 6.65. The van der Waals surface area contributed by atoms with Crippen molar-refractivity contribution in [1.82, 2.24) is 20.1 Å². The smallest absolute Gasteiger partial charge is 0.319 e. The van der Waals surface area contributed by atoms with Crippen molar-refractivity contribution in [2.45, 2.75) is 27.3 Å². The highest BCUT2D eigenvalue weighted by molar-refractivity contribution is 6.31. The molecule has 0 atom stereocenters. The van der Waals surface area contributed by atoms with Gasteiger partial charge in [0.15, 0.2) is 0 Å². The SMILES string of the molecule is Cc1nc(C)n(CCNC(=O)Nc2cc(Cl)ccc2C)n1. The molecule has 1 heterocycles. The fourth-order valence-corrected chi connectivity index (χ4v) is 2.12. The Morgan fingerprint density at radius 2 is 2.10 bits per heavy atom. The molecule has 0 aliphatic carbocycles. The first-order valence-corrected chi connectivity index (χ1v) is 7.02. The Bertz CT molecular complexity index is 653. The Hall–Kier alpha value is -2.08. The zero-order chi connectivity index (χ0) is 15.4. The standard InChI is InChI=1S/C14H18ClN5O/c1-9-4-5-12(15)8-13(9)18-14(21)16-6-7-20-11(3)17-10(2)19-20/h4-5,8H,6-7H2,1-3H3,(H2,16,18,21). The molecule has 0 spiro atoms. The van der Waals surface area contributed by atoms with Gasteiger partial charge in [0.05, 0.1) is 6.54 Å². The lowest BCUT2D eigenvalue weighted by Gasteiger charge is -2.10. The van der Waals surface area contributed by atoms with Crippen molar-refractivity contribution in [3.05, 3.63) is 40.4 Å². The monoisotopic (exact) mass is 307 g/mol. The van der Waals surface area contributed by atoms with Gasteiger partial charge in [0, 0.05) is 17.3 Å². The average Bonchev–Trinajstić information content (AvgIpc) is 2.72. The van der Waals surface area contributed by atoms with E-state index in [-0.39, 0.29) is 6.03 Å². The molecule has 2 aromatic rings. The number of anilines is 1. The Morgan fingerprint density at radius 3 is 2.76 bits per heavy atom. The number of nitrogens with one attached hydrogen (secondary N) is 2. The topological polar surface area (TPSA) is 71.8 Å². The highest BCUT2D eigenvalue weighted by atomic mass is 35.5. The highest BCUT2D eigenvalue weighted by Crippen LogP contribution is 2.19. The van der Waals surface area contributed by atoms with E-state index in [4.69, 9.17) is 11.6 Å². The summed E-state index contributed by atoms with van der Waals surface area (Å²) in [4.78, 5) is 16.1. The number of nitrogens with zero attached hydrogens (tertiary/aromatic N) is 3. The van der Waals surface area contributed by atoms with Crippen LogP contribution in [0.2, 0.25) is 5.02 Å². The van der Waals surface area contributed by atoms with Crippen LogP contribution in [-0.2, 0) is 6.54 Å². The third kappa shape index (κ3) is 4.19. The molecule has 0 fully saturated rings. The van der Waals surface area contributed by atoms with Crippen molar-refractivity contribution < 1.29 is 4.79 Å². The predicted octanol–water partition coefficient (Wildman–Crippen LogP) is 2.68. The molecular formula is C14H18ClN5O. The first kappa shape index (κ1) is 15.3. The summed E-state index contributed by atoms with van der Waals surface area (Å²) in [6, 6.07) is 5.10. The minimum absolute atomic E-state index is 0.269. The van der Waals surface area contributed by atoms with Gasteiger partial charge in [-0.25, -0.2) is 14.5 Å². The number of carbonyl (C=O) groups excluding carboxylic acids is 1. The van der Waals surface area contributed by atoms with Crippen molar-refractivity contribution >= 4 is 23.3 Å². The van der Waals surface area contributed by atoms with E-state index in [1.807, 2.05) is 26.8 Å². The summed E-state index contributed by atoms with van der Waals surface area (Å²) >= 11 is 5.91. The van der Waals surface area contributed by atoms with Crippen molar-refractivity contribution in [1.29, 1.82) is 0 Å². The van der Waals surface area contributed by atoms with Gasteiger partial charge in [-0.05, 0) is 38.5 Å². The minimum Gasteiger partial charge on any atom is -0.336 e. The van der Waals surface area contributed by atoms with Crippen LogP contribution >= 0.6 is 11.6 Å². The van der Waals surface area contributed by atoms with Crippen molar-refractivity contribution in [3.8, 4) is 0 Å². The summed E-state index contributed by atoms with van der Waals surface area (Å²) in [5.74, 6) is 1.56. The number of carbonyl (C=O) groups is 1. The fourth-order valence-electron chi connectivity index (χ4n) is 1.94. The fraction of sp³-hybridized carbons (Fsp3) is 0.357. The van der Waals surface area contributed by atoms with Gasteiger partial charge in [-0.1, -0.05) is 17.7 Å². The van der Waals surface area contributed by atoms with Gasteiger partial charge >= 0.3 is 6.03 Å². The van der Waals surface area contributed by atoms with Gasteiger partial charge in [-0.3, -0.25) is 0 Å². The Balaban J connectivity index is 1.85. The third-order valence-electron chi connectivity index (χ3n) is 3.02. The van der Waals surface area contributed by atoms with Crippen molar-refractivity contribution in [2.75, 3.05) is 11.9 Å². The molecule has 0 radical (unpaired) electrons.